The number of ether oxygens (including phenoxy) is 1. The molecule has 17 heavy (non-hydrogen) atoms. The van der Waals surface area contributed by atoms with Gasteiger partial charge < -0.3 is 9.84 Å². The number of aliphatic carboxylic acids is 1. The monoisotopic (exact) mass is 236 g/mol. The molecule has 1 aromatic rings. The highest BCUT2D eigenvalue weighted by molar-refractivity contribution is 5.66. The standard InChI is InChI=1S/C12H16N2O3/c1-17-12-9(3-2-4-10(15)16)11(8-5-6-8)13-7-14-12/h7-8H,2-6H2,1H3,(H,15,16). The van der Waals surface area contributed by atoms with Gasteiger partial charge in [0.1, 0.15) is 6.33 Å². The summed E-state index contributed by atoms with van der Waals surface area (Å²) in [6.07, 6.45) is 5.27. The van der Waals surface area contributed by atoms with Crippen LogP contribution in [-0.2, 0) is 11.2 Å². The molecule has 1 aliphatic carbocycles. The van der Waals surface area contributed by atoms with Gasteiger partial charge in [0.2, 0.25) is 5.88 Å². The van der Waals surface area contributed by atoms with Crippen molar-refractivity contribution in [2.24, 2.45) is 0 Å². The van der Waals surface area contributed by atoms with Crippen molar-refractivity contribution in [2.45, 2.75) is 38.0 Å². The highest BCUT2D eigenvalue weighted by Crippen LogP contribution is 2.42. The second kappa shape index (κ2) is 5.12. The average molecular weight is 236 g/mol. The maximum Gasteiger partial charge on any atom is 0.303 e. The zero-order valence-electron chi connectivity index (χ0n) is 9.85. The lowest BCUT2D eigenvalue weighted by atomic mass is 10.0. The Morgan fingerprint density at radius 3 is 2.88 bits per heavy atom. The summed E-state index contributed by atoms with van der Waals surface area (Å²) in [5.41, 5.74) is 2.03. The topological polar surface area (TPSA) is 72.3 Å². The van der Waals surface area contributed by atoms with Gasteiger partial charge in [-0.1, -0.05) is 0 Å². The molecule has 5 heteroatoms. The third kappa shape index (κ3) is 2.93. The second-order valence-corrected chi connectivity index (χ2v) is 4.27. The van der Waals surface area contributed by atoms with Crippen molar-refractivity contribution in [1.29, 1.82) is 0 Å². The minimum atomic E-state index is -0.770. The number of carboxylic acid groups (broad SMARTS) is 1. The molecular weight excluding hydrogens is 220 g/mol. The van der Waals surface area contributed by atoms with Gasteiger partial charge in [-0.05, 0) is 25.7 Å². The van der Waals surface area contributed by atoms with Crippen molar-refractivity contribution in [1.82, 2.24) is 9.97 Å². The molecule has 5 nitrogen and oxygen atoms in total. The Balaban J connectivity index is 2.13. The molecule has 0 saturated heterocycles. The second-order valence-electron chi connectivity index (χ2n) is 4.27. The van der Waals surface area contributed by atoms with Crippen molar-refractivity contribution in [3.8, 4) is 5.88 Å². The first-order valence-corrected chi connectivity index (χ1v) is 5.82. The molecule has 0 atom stereocenters. The van der Waals surface area contributed by atoms with Crippen LogP contribution >= 0.6 is 0 Å². The highest BCUT2D eigenvalue weighted by Gasteiger charge is 2.29. The molecule has 1 saturated carbocycles. The Bertz CT molecular complexity index is 416. The Hall–Kier alpha value is -1.65. The number of aromatic nitrogens is 2. The molecular formula is C12H16N2O3. The summed E-state index contributed by atoms with van der Waals surface area (Å²) in [6, 6.07) is 0. The van der Waals surface area contributed by atoms with E-state index in [9.17, 15) is 4.79 Å². The van der Waals surface area contributed by atoms with Crippen LogP contribution in [-0.4, -0.2) is 28.2 Å². The van der Waals surface area contributed by atoms with E-state index in [0.29, 0.717) is 24.6 Å². The lowest BCUT2D eigenvalue weighted by Gasteiger charge is -2.10. The predicted molar refractivity (Wildman–Crippen MR) is 61.1 cm³/mol. The average Bonchev–Trinajstić information content (AvgIpc) is 3.12. The molecule has 92 valence electrons. The number of rotatable bonds is 6. The predicted octanol–water partition coefficient (Wildman–Crippen LogP) is 1.77. The maximum absolute atomic E-state index is 10.5. The lowest BCUT2D eigenvalue weighted by molar-refractivity contribution is -0.137. The van der Waals surface area contributed by atoms with Crippen LogP contribution < -0.4 is 4.74 Å². The molecule has 1 heterocycles. The summed E-state index contributed by atoms with van der Waals surface area (Å²) in [5.74, 6) is 0.341. The van der Waals surface area contributed by atoms with E-state index in [4.69, 9.17) is 9.84 Å². The molecule has 2 rings (SSSR count). The zero-order chi connectivity index (χ0) is 12.3. The van der Waals surface area contributed by atoms with Crippen LogP contribution in [0.15, 0.2) is 6.33 Å². The molecule has 0 aliphatic heterocycles. The quantitative estimate of drug-likeness (QED) is 0.814. The SMILES string of the molecule is COc1ncnc(C2CC2)c1CCCC(=O)O. The molecule has 0 unspecified atom stereocenters. The minimum absolute atomic E-state index is 0.169. The Kier molecular flexibility index (Phi) is 3.56. The van der Waals surface area contributed by atoms with Crippen molar-refractivity contribution in [3.63, 3.8) is 0 Å². The molecule has 0 aromatic carbocycles. The zero-order valence-corrected chi connectivity index (χ0v) is 9.85. The maximum atomic E-state index is 10.5. The Labute approximate surface area is 99.9 Å². The molecule has 0 bridgehead atoms. The fraction of sp³-hybridized carbons (Fsp3) is 0.583. The van der Waals surface area contributed by atoms with Crippen molar-refractivity contribution < 1.29 is 14.6 Å². The van der Waals surface area contributed by atoms with E-state index in [-0.39, 0.29) is 6.42 Å². The van der Waals surface area contributed by atoms with E-state index in [2.05, 4.69) is 9.97 Å². The van der Waals surface area contributed by atoms with Gasteiger partial charge in [-0.15, -0.1) is 0 Å². The van der Waals surface area contributed by atoms with Gasteiger partial charge in [-0.2, -0.15) is 0 Å². The number of carbonyl (C=O) groups is 1. The number of carboxylic acids is 1. The number of hydrogen-bond donors (Lipinski definition) is 1. The van der Waals surface area contributed by atoms with Gasteiger partial charge in [-0.25, -0.2) is 9.97 Å². The summed E-state index contributed by atoms with van der Waals surface area (Å²) in [6.45, 7) is 0. The van der Waals surface area contributed by atoms with Gasteiger partial charge in [0.25, 0.3) is 0 Å². The molecule has 1 N–H and O–H groups in total. The molecule has 0 spiro atoms. The lowest BCUT2D eigenvalue weighted by Crippen LogP contribution is -2.04. The summed E-state index contributed by atoms with van der Waals surface area (Å²) in [4.78, 5) is 18.9. The normalized spacial score (nSPS) is 14.6. The first-order chi connectivity index (χ1) is 8.22. The Morgan fingerprint density at radius 1 is 1.53 bits per heavy atom. The fourth-order valence-corrected chi connectivity index (χ4v) is 1.94. The van der Waals surface area contributed by atoms with Crippen LogP contribution in [0.1, 0.15) is 42.9 Å². The summed E-state index contributed by atoms with van der Waals surface area (Å²) in [7, 11) is 1.58. The van der Waals surface area contributed by atoms with Crippen LogP contribution in [0.2, 0.25) is 0 Å². The van der Waals surface area contributed by atoms with Crippen LogP contribution in [0.5, 0.6) is 5.88 Å². The van der Waals surface area contributed by atoms with E-state index in [1.54, 1.807) is 7.11 Å². The summed E-state index contributed by atoms with van der Waals surface area (Å²) in [5, 5.41) is 8.65. The van der Waals surface area contributed by atoms with E-state index in [1.807, 2.05) is 0 Å². The minimum Gasteiger partial charge on any atom is -0.481 e. The van der Waals surface area contributed by atoms with Gasteiger partial charge in [-0.3, -0.25) is 4.79 Å². The van der Waals surface area contributed by atoms with Crippen molar-refractivity contribution in [2.75, 3.05) is 7.11 Å². The number of methoxy groups -OCH3 is 1. The smallest absolute Gasteiger partial charge is 0.303 e. The van der Waals surface area contributed by atoms with E-state index < -0.39 is 5.97 Å². The first kappa shape index (κ1) is 11.8. The van der Waals surface area contributed by atoms with Crippen LogP contribution in [0.4, 0.5) is 0 Å². The fourth-order valence-electron chi connectivity index (χ4n) is 1.94. The molecule has 1 fully saturated rings. The summed E-state index contributed by atoms with van der Waals surface area (Å²) >= 11 is 0. The van der Waals surface area contributed by atoms with Crippen LogP contribution in [0.25, 0.3) is 0 Å². The van der Waals surface area contributed by atoms with Gasteiger partial charge in [0.15, 0.2) is 0 Å². The highest BCUT2D eigenvalue weighted by atomic mass is 16.5. The van der Waals surface area contributed by atoms with Crippen molar-refractivity contribution >= 4 is 5.97 Å². The molecule has 0 radical (unpaired) electrons. The third-order valence-electron chi connectivity index (χ3n) is 2.91. The number of hydrogen-bond acceptors (Lipinski definition) is 4. The van der Waals surface area contributed by atoms with Gasteiger partial charge in [0.05, 0.1) is 12.8 Å². The molecule has 0 amide bonds. The van der Waals surface area contributed by atoms with Gasteiger partial charge >= 0.3 is 5.97 Å². The third-order valence-corrected chi connectivity index (χ3v) is 2.91. The molecule has 1 aromatic heterocycles. The van der Waals surface area contributed by atoms with Crippen LogP contribution in [0.3, 0.4) is 0 Å². The van der Waals surface area contributed by atoms with Crippen LogP contribution in [0, 0.1) is 0 Å². The van der Waals surface area contributed by atoms with E-state index in [0.717, 1.165) is 24.1 Å². The summed E-state index contributed by atoms with van der Waals surface area (Å²) < 4.78 is 5.22. The number of nitrogens with zero attached hydrogens (tertiary/aromatic N) is 2. The van der Waals surface area contributed by atoms with E-state index >= 15 is 0 Å². The van der Waals surface area contributed by atoms with Crippen molar-refractivity contribution in [3.05, 3.63) is 17.6 Å². The Morgan fingerprint density at radius 2 is 2.29 bits per heavy atom. The molecule has 1 aliphatic rings. The first-order valence-electron chi connectivity index (χ1n) is 5.82. The van der Waals surface area contributed by atoms with Gasteiger partial charge in [0, 0.05) is 17.9 Å². The van der Waals surface area contributed by atoms with E-state index in [1.165, 1.54) is 6.33 Å². The largest absolute Gasteiger partial charge is 0.481 e.